The van der Waals surface area contributed by atoms with E-state index in [-0.39, 0.29) is 5.82 Å². The monoisotopic (exact) mass is 351 g/mol. The Hall–Kier alpha value is -1.39. The Morgan fingerprint density at radius 2 is 1.86 bits per heavy atom. The number of aryl methyl sites for hydroxylation is 1. The standard InChI is InChI=1S/C17H19BrFNO/c1-13-12-16(19)5-2-14(13)8-9-20-10-11-21-17-6-3-15(18)4-7-17/h2-7,12,20H,8-11H2,1H3. The molecule has 0 fully saturated rings. The molecule has 0 radical (unpaired) electrons. The molecule has 0 heterocycles. The van der Waals surface area contributed by atoms with Crippen molar-refractivity contribution in [1.29, 1.82) is 0 Å². The highest BCUT2D eigenvalue weighted by Crippen LogP contribution is 2.15. The number of hydrogen-bond donors (Lipinski definition) is 1. The zero-order valence-electron chi connectivity index (χ0n) is 12.0. The Morgan fingerprint density at radius 1 is 1.10 bits per heavy atom. The van der Waals surface area contributed by atoms with Crippen LogP contribution in [0.3, 0.4) is 0 Å². The lowest BCUT2D eigenvalue weighted by molar-refractivity contribution is 0.314. The topological polar surface area (TPSA) is 21.3 Å². The molecule has 2 aromatic carbocycles. The van der Waals surface area contributed by atoms with E-state index in [1.165, 1.54) is 11.6 Å². The number of ether oxygens (including phenoxy) is 1. The van der Waals surface area contributed by atoms with E-state index in [1.807, 2.05) is 37.3 Å². The van der Waals surface area contributed by atoms with Crippen LogP contribution in [0.1, 0.15) is 11.1 Å². The SMILES string of the molecule is Cc1cc(F)ccc1CCNCCOc1ccc(Br)cc1. The smallest absolute Gasteiger partial charge is 0.123 e. The molecule has 0 amide bonds. The molecular weight excluding hydrogens is 333 g/mol. The summed E-state index contributed by atoms with van der Waals surface area (Å²) in [5.41, 5.74) is 2.18. The van der Waals surface area contributed by atoms with Gasteiger partial charge >= 0.3 is 0 Å². The van der Waals surface area contributed by atoms with Gasteiger partial charge in [-0.1, -0.05) is 22.0 Å². The normalized spacial score (nSPS) is 10.6. The molecule has 2 nitrogen and oxygen atoms in total. The van der Waals surface area contributed by atoms with Gasteiger partial charge in [0.1, 0.15) is 18.2 Å². The number of halogens is 2. The van der Waals surface area contributed by atoms with Crippen LogP contribution in [-0.4, -0.2) is 19.7 Å². The van der Waals surface area contributed by atoms with Crippen LogP contribution in [0.4, 0.5) is 4.39 Å². The second kappa shape index (κ2) is 8.15. The molecule has 0 aliphatic rings. The summed E-state index contributed by atoms with van der Waals surface area (Å²) in [4.78, 5) is 0. The lowest BCUT2D eigenvalue weighted by Gasteiger charge is -2.09. The van der Waals surface area contributed by atoms with Crippen molar-refractivity contribution in [3.63, 3.8) is 0 Å². The van der Waals surface area contributed by atoms with Gasteiger partial charge in [-0.15, -0.1) is 0 Å². The van der Waals surface area contributed by atoms with Crippen molar-refractivity contribution in [3.05, 3.63) is 63.9 Å². The fourth-order valence-corrected chi connectivity index (χ4v) is 2.32. The van der Waals surface area contributed by atoms with Crippen LogP contribution in [0.25, 0.3) is 0 Å². The van der Waals surface area contributed by atoms with Crippen LogP contribution >= 0.6 is 15.9 Å². The van der Waals surface area contributed by atoms with Gasteiger partial charge in [0.05, 0.1) is 0 Å². The quantitative estimate of drug-likeness (QED) is 0.758. The Balaban J connectivity index is 1.63. The average molecular weight is 352 g/mol. The third kappa shape index (κ3) is 5.48. The molecule has 0 aliphatic heterocycles. The van der Waals surface area contributed by atoms with E-state index in [0.717, 1.165) is 35.3 Å². The van der Waals surface area contributed by atoms with Gasteiger partial charge in [-0.3, -0.25) is 0 Å². The first kappa shape index (κ1) is 16.0. The van der Waals surface area contributed by atoms with Crippen LogP contribution in [0, 0.1) is 12.7 Å². The lowest BCUT2D eigenvalue weighted by atomic mass is 10.1. The molecule has 1 N–H and O–H groups in total. The minimum Gasteiger partial charge on any atom is -0.492 e. The third-order valence-electron chi connectivity index (χ3n) is 3.24. The molecule has 0 aliphatic carbocycles. The van der Waals surface area contributed by atoms with Gasteiger partial charge in [0.15, 0.2) is 0 Å². The third-order valence-corrected chi connectivity index (χ3v) is 3.77. The highest BCUT2D eigenvalue weighted by Gasteiger charge is 2.00. The second-order valence-electron chi connectivity index (χ2n) is 4.87. The van der Waals surface area contributed by atoms with E-state index >= 15 is 0 Å². The molecule has 2 aromatic rings. The van der Waals surface area contributed by atoms with Crippen LogP contribution in [0.15, 0.2) is 46.9 Å². The molecule has 4 heteroatoms. The van der Waals surface area contributed by atoms with Crippen LogP contribution in [0.2, 0.25) is 0 Å². The predicted octanol–water partition coefficient (Wildman–Crippen LogP) is 4.11. The Morgan fingerprint density at radius 3 is 2.57 bits per heavy atom. The summed E-state index contributed by atoms with van der Waals surface area (Å²) >= 11 is 3.39. The van der Waals surface area contributed by atoms with Gasteiger partial charge in [0.2, 0.25) is 0 Å². The number of hydrogen-bond acceptors (Lipinski definition) is 2. The summed E-state index contributed by atoms with van der Waals surface area (Å²) in [6, 6.07) is 12.7. The van der Waals surface area contributed by atoms with Crippen molar-refractivity contribution in [2.45, 2.75) is 13.3 Å². The summed E-state index contributed by atoms with van der Waals surface area (Å²) in [7, 11) is 0. The lowest BCUT2D eigenvalue weighted by Crippen LogP contribution is -2.23. The Labute approximate surface area is 133 Å². The maximum absolute atomic E-state index is 13.0. The zero-order valence-corrected chi connectivity index (χ0v) is 13.6. The fraction of sp³-hybridized carbons (Fsp3) is 0.294. The first-order valence-electron chi connectivity index (χ1n) is 6.99. The molecule has 0 saturated carbocycles. The summed E-state index contributed by atoms with van der Waals surface area (Å²) in [6.45, 7) is 4.21. The van der Waals surface area contributed by atoms with Gasteiger partial charge in [-0.25, -0.2) is 4.39 Å². The minimum atomic E-state index is -0.174. The van der Waals surface area contributed by atoms with Gasteiger partial charge in [-0.2, -0.15) is 0 Å². The second-order valence-corrected chi connectivity index (χ2v) is 5.79. The van der Waals surface area contributed by atoms with Gasteiger partial charge < -0.3 is 10.1 Å². The van der Waals surface area contributed by atoms with Crippen LogP contribution in [0.5, 0.6) is 5.75 Å². The molecular formula is C17H19BrFNO. The number of nitrogens with one attached hydrogen (secondary N) is 1. The highest BCUT2D eigenvalue weighted by atomic mass is 79.9. The number of rotatable bonds is 7. The van der Waals surface area contributed by atoms with Crippen molar-refractivity contribution in [1.82, 2.24) is 5.32 Å². The van der Waals surface area contributed by atoms with E-state index < -0.39 is 0 Å². The summed E-state index contributed by atoms with van der Waals surface area (Å²) in [6.07, 6.45) is 0.893. The van der Waals surface area contributed by atoms with Crippen LogP contribution in [-0.2, 0) is 6.42 Å². The highest BCUT2D eigenvalue weighted by molar-refractivity contribution is 9.10. The van der Waals surface area contributed by atoms with Gasteiger partial charge in [0.25, 0.3) is 0 Å². The molecule has 112 valence electrons. The van der Waals surface area contributed by atoms with E-state index in [0.29, 0.717) is 6.61 Å². The molecule has 0 bridgehead atoms. The van der Waals surface area contributed by atoms with E-state index in [2.05, 4.69) is 21.2 Å². The largest absolute Gasteiger partial charge is 0.492 e. The van der Waals surface area contributed by atoms with Crippen molar-refractivity contribution >= 4 is 15.9 Å². The van der Waals surface area contributed by atoms with Crippen molar-refractivity contribution in [3.8, 4) is 5.75 Å². The molecule has 21 heavy (non-hydrogen) atoms. The Bertz CT molecular complexity index is 572. The van der Waals surface area contributed by atoms with Crippen molar-refractivity contribution < 1.29 is 9.13 Å². The molecule has 0 atom stereocenters. The first-order chi connectivity index (χ1) is 10.1. The maximum atomic E-state index is 13.0. The zero-order chi connectivity index (χ0) is 15.1. The van der Waals surface area contributed by atoms with E-state index in [1.54, 1.807) is 6.07 Å². The molecule has 0 saturated heterocycles. The van der Waals surface area contributed by atoms with E-state index in [9.17, 15) is 4.39 Å². The van der Waals surface area contributed by atoms with Crippen molar-refractivity contribution in [2.75, 3.05) is 19.7 Å². The van der Waals surface area contributed by atoms with Crippen molar-refractivity contribution in [2.24, 2.45) is 0 Å². The van der Waals surface area contributed by atoms with Gasteiger partial charge in [-0.05, 0) is 67.4 Å². The fourth-order valence-electron chi connectivity index (χ4n) is 2.06. The summed E-state index contributed by atoms with van der Waals surface area (Å²) < 4.78 is 19.7. The molecule has 0 spiro atoms. The van der Waals surface area contributed by atoms with E-state index in [4.69, 9.17) is 4.74 Å². The predicted molar refractivity (Wildman–Crippen MR) is 87.3 cm³/mol. The first-order valence-corrected chi connectivity index (χ1v) is 7.78. The minimum absolute atomic E-state index is 0.174. The summed E-state index contributed by atoms with van der Waals surface area (Å²) in [5, 5.41) is 3.33. The maximum Gasteiger partial charge on any atom is 0.123 e. The van der Waals surface area contributed by atoms with Crippen LogP contribution < -0.4 is 10.1 Å². The molecule has 0 unspecified atom stereocenters. The summed E-state index contributed by atoms with van der Waals surface area (Å²) in [5.74, 6) is 0.696. The van der Waals surface area contributed by atoms with Gasteiger partial charge in [0, 0.05) is 11.0 Å². The molecule has 0 aromatic heterocycles. The number of benzene rings is 2. The molecule has 2 rings (SSSR count). The average Bonchev–Trinajstić information content (AvgIpc) is 2.46. The Kier molecular flexibility index (Phi) is 6.21.